The third kappa shape index (κ3) is 14.8. The molecule has 0 saturated carbocycles. The second kappa shape index (κ2) is 21.9. The summed E-state index contributed by atoms with van der Waals surface area (Å²) in [5, 5.41) is 0. The number of ether oxygens (including phenoxy) is 5. The fraction of sp³-hybridized carbons (Fsp3) is 0.538. The number of anilines is 1. The maximum atomic E-state index is 6.55. The monoisotopic (exact) mass is 635 g/mol. The van der Waals surface area contributed by atoms with Crippen LogP contribution in [0.3, 0.4) is 0 Å². The van der Waals surface area contributed by atoms with Crippen LogP contribution < -0.4 is 4.90 Å². The van der Waals surface area contributed by atoms with Crippen LogP contribution in [-0.4, -0.2) is 97.6 Å². The maximum Gasteiger partial charge on any atom is 0.102 e. The molecule has 0 aliphatic heterocycles. The Hall–Kier alpha value is -2.78. The van der Waals surface area contributed by atoms with Crippen LogP contribution in [-0.2, 0) is 23.7 Å². The number of hydrogen-bond donors (Lipinski definition) is 0. The Morgan fingerprint density at radius 3 is 1.61 bits per heavy atom. The van der Waals surface area contributed by atoms with Crippen molar-refractivity contribution in [2.24, 2.45) is 0 Å². The molecular weight excluding hydrogens is 576 g/mol. The number of hydrogen-bond acceptors (Lipinski definition) is 6. The third-order valence-corrected chi connectivity index (χ3v) is 7.97. The summed E-state index contributed by atoms with van der Waals surface area (Å²) >= 11 is 0. The van der Waals surface area contributed by atoms with Gasteiger partial charge in [-0.2, -0.15) is 0 Å². The molecule has 0 N–H and O–H groups in total. The molecule has 2 unspecified atom stereocenters. The molecule has 7 nitrogen and oxygen atoms in total. The Morgan fingerprint density at radius 2 is 1.09 bits per heavy atom. The summed E-state index contributed by atoms with van der Waals surface area (Å²) < 4.78 is 31.5. The molecule has 0 aliphatic carbocycles. The SMILES string of the molecule is CCCOCCOC(CN(CC(OCCOCCOCC[N+](C)(C)CCC)c1ccccc1)c1cccc(C)c1)c1ccccc1. The van der Waals surface area contributed by atoms with Gasteiger partial charge in [0.1, 0.15) is 18.8 Å². The van der Waals surface area contributed by atoms with Crippen molar-refractivity contribution in [1.82, 2.24) is 0 Å². The average molecular weight is 636 g/mol. The van der Waals surface area contributed by atoms with E-state index >= 15 is 0 Å². The molecule has 0 aromatic heterocycles. The highest BCUT2D eigenvalue weighted by atomic mass is 16.5. The molecule has 46 heavy (non-hydrogen) atoms. The number of nitrogens with zero attached hydrogens (tertiary/aromatic N) is 2. The molecule has 3 rings (SSSR count). The normalized spacial score (nSPS) is 13.1. The molecule has 7 heteroatoms. The molecule has 0 aliphatic rings. The van der Waals surface area contributed by atoms with E-state index in [2.05, 4.69) is 113 Å². The third-order valence-electron chi connectivity index (χ3n) is 7.97. The van der Waals surface area contributed by atoms with Crippen molar-refractivity contribution in [2.45, 2.75) is 45.8 Å². The van der Waals surface area contributed by atoms with E-state index in [4.69, 9.17) is 23.7 Å². The van der Waals surface area contributed by atoms with E-state index in [1.165, 1.54) is 12.0 Å². The minimum absolute atomic E-state index is 0.127. The summed E-state index contributed by atoms with van der Waals surface area (Å²) in [4.78, 5) is 2.39. The highest BCUT2D eigenvalue weighted by Gasteiger charge is 2.23. The van der Waals surface area contributed by atoms with Crippen LogP contribution in [0.5, 0.6) is 0 Å². The van der Waals surface area contributed by atoms with E-state index in [-0.39, 0.29) is 12.2 Å². The Morgan fingerprint density at radius 1 is 0.565 bits per heavy atom. The lowest BCUT2D eigenvalue weighted by atomic mass is 10.1. The van der Waals surface area contributed by atoms with Gasteiger partial charge in [-0.05, 0) is 48.6 Å². The second-order valence-corrected chi connectivity index (χ2v) is 12.5. The summed E-state index contributed by atoms with van der Waals surface area (Å²) in [6.45, 7) is 14.8. The molecule has 0 fully saturated rings. The van der Waals surface area contributed by atoms with Crippen LogP contribution in [0.4, 0.5) is 5.69 Å². The topological polar surface area (TPSA) is 49.4 Å². The standard InChI is InChI=1S/C39H59N2O5/c1-6-21-41(4,5)22-24-43-25-26-44-28-30-46-39(36-18-12-9-13-19-36)33-40(37-20-14-15-34(3)31-37)32-38(35-16-10-8-11-17-35)45-29-27-42-23-7-2/h8-20,31,38-39H,6-7,21-30,32-33H2,1-5H3/q+1. The van der Waals surface area contributed by atoms with E-state index in [0.717, 1.165) is 54.0 Å². The summed E-state index contributed by atoms with van der Waals surface area (Å²) in [6, 6.07) is 29.6. The van der Waals surface area contributed by atoms with Crippen molar-refractivity contribution in [3.8, 4) is 0 Å². The summed E-state index contributed by atoms with van der Waals surface area (Å²) in [5.74, 6) is 0. The first-order valence-corrected chi connectivity index (χ1v) is 17.1. The minimum Gasteiger partial charge on any atom is -0.379 e. The lowest BCUT2D eigenvalue weighted by molar-refractivity contribution is -0.890. The van der Waals surface area contributed by atoms with Crippen LogP contribution in [0.1, 0.15) is 55.6 Å². The van der Waals surface area contributed by atoms with Gasteiger partial charge in [0, 0.05) is 25.4 Å². The Bertz CT molecular complexity index is 1180. The van der Waals surface area contributed by atoms with Crippen molar-refractivity contribution >= 4 is 5.69 Å². The minimum atomic E-state index is -0.149. The quantitative estimate of drug-likeness (QED) is 0.0722. The second-order valence-electron chi connectivity index (χ2n) is 12.5. The summed E-state index contributed by atoms with van der Waals surface area (Å²) in [5.41, 5.74) is 4.65. The van der Waals surface area contributed by atoms with Crippen molar-refractivity contribution in [2.75, 3.05) is 98.0 Å². The Balaban J connectivity index is 1.65. The highest BCUT2D eigenvalue weighted by Crippen LogP contribution is 2.28. The predicted molar refractivity (Wildman–Crippen MR) is 189 cm³/mol. The van der Waals surface area contributed by atoms with E-state index in [1.807, 2.05) is 12.1 Å². The van der Waals surface area contributed by atoms with E-state index in [1.54, 1.807) is 0 Å². The lowest BCUT2D eigenvalue weighted by Gasteiger charge is -2.33. The number of quaternary nitrogens is 1. The van der Waals surface area contributed by atoms with Crippen LogP contribution in [0.25, 0.3) is 0 Å². The summed E-state index contributed by atoms with van der Waals surface area (Å²) in [7, 11) is 4.50. The fourth-order valence-electron chi connectivity index (χ4n) is 5.45. The molecular formula is C39H59N2O5+. The van der Waals surface area contributed by atoms with E-state index in [9.17, 15) is 0 Å². The number of rotatable bonds is 25. The van der Waals surface area contributed by atoms with Gasteiger partial charge >= 0.3 is 0 Å². The molecule has 0 radical (unpaired) electrons. The zero-order valence-corrected chi connectivity index (χ0v) is 29.1. The average Bonchev–Trinajstić information content (AvgIpc) is 3.06. The summed E-state index contributed by atoms with van der Waals surface area (Å²) in [6.07, 6.45) is 1.90. The smallest absolute Gasteiger partial charge is 0.102 e. The van der Waals surface area contributed by atoms with Gasteiger partial charge in [-0.15, -0.1) is 0 Å². The number of likely N-dealkylation sites (N-methyl/N-ethyl adjacent to an activating group) is 1. The fourth-order valence-corrected chi connectivity index (χ4v) is 5.45. The van der Waals surface area contributed by atoms with Gasteiger partial charge < -0.3 is 33.1 Å². The predicted octanol–water partition coefficient (Wildman–Crippen LogP) is 7.26. The van der Waals surface area contributed by atoms with Gasteiger partial charge in [0.25, 0.3) is 0 Å². The van der Waals surface area contributed by atoms with Crippen LogP contribution in [0.2, 0.25) is 0 Å². The van der Waals surface area contributed by atoms with Crippen molar-refractivity contribution in [1.29, 1.82) is 0 Å². The zero-order chi connectivity index (χ0) is 32.9. The van der Waals surface area contributed by atoms with Crippen LogP contribution in [0.15, 0.2) is 84.9 Å². The molecule has 0 bridgehead atoms. The van der Waals surface area contributed by atoms with Gasteiger partial charge in [-0.3, -0.25) is 0 Å². The van der Waals surface area contributed by atoms with Crippen molar-refractivity contribution in [3.63, 3.8) is 0 Å². The molecule has 0 spiro atoms. The molecule has 254 valence electrons. The van der Waals surface area contributed by atoms with Crippen molar-refractivity contribution < 1.29 is 28.2 Å². The maximum absolute atomic E-state index is 6.55. The van der Waals surface area contributed by atoms with E-state index in [0.29, 0.717) is 52.7 Å². The first kappa shape index (κ1) is 37.7. The Labute approximate surface area is 279 Å². The van der Waals surface area contributed by atoms with Gasteiger partial charge in [0.05, 0.1) is 66.9 Å². The van der Waals surface area contributed by atoms with Crippen molar-refractivity contribution in [3.05, 3.63) is 102 Å². The number of aryl methyl sites for hydroxylation is 1. The molecule has 2 atom stereocenters. The van der Waals surface area contributed by atoms with Gasteiger partial charge in [-0.25, -0.2) is 0 Å². The number of benzene rings is 3. The zero-order valence-electron chi connectivity index (χ0n) is 29.1. The lowest BCUT2D eigenvalue weighted by Crippen LogP contribution is -2.42. The van der Waals surface area contributed by atoms with Gasteiger partial charge in [0.15, 0.2) is 0 Å². The largest absolute Gasteiger partial charge is 0.379 e. The first-order valence-electron chi connectivity index (χ1n) is 17.1. The van der Waals surface area contributed by atoms with Crippen LogP contribution in [0, 0.1) is 6.92 Å². The van der Waals surface area contributed by atoms with Crippen LogP contribution >= 0.6 is 0 Å². The molecule has 0 amide bonds. The molecule has 0 heterocycles. The first-order chi connectivity index (χ1) is 22.4. The highest BCUT2D eigenvalue weighted by molar-refractivity contribution is 5.49. The molecule has 3 aromatic rings. The van der Waals surface area contributed by atoms with E-state index < -0.39 is 0 Å². The molecule has 3 aromatic carbocycles. The van der Waals surface area contributed by atoms with Gasteiger partial charge in [0.2, 0.25) is 0 Å². The van der Waals surface area contributed by atoms with Gasteiger partial charge in [-0.1, -0.05) is 86.6 Å². The Kier molecular flexibility index (Phi) is 17.9. The molecule has 0 saturated heterocycles.